The van der Waals surface area contributed by atoms with E-state index in [2.05, 4.69) is 21.8 Å². The first-order valence-corrected chi connectivity index (χ1v) is 19.4. The van der Waals surface area contributed by atoms with Gasteiger partial charge in [-0.3, -0.25) is 0 Å². The molecule has 0 saturated heterocycles. The number of aromatic nitrogens is 2. The highest BCUT2D eigenvalue weighted by Crippen LogP contribution is 2.50. The van der Waals surface area contributed by atoms with Crippen LogP contribution in [0.2, 0.25) is 0 Å². The quantitative estimate of drug-likeness (QED) is 0.163. The lowest BCUT2D eigenvalue weighted by molar-refractivity contribution is -0.137. The molecular weight excluding hydrogens is 778 g/mol. The summed E-state index contributed by atoms with van der Waals surface area (Å²) < 4.78 is 50.2. The third kappa shape index (κ3) is 5.93. The van der Waals surface area contributed by atoms with Gasteiger partial charge in [-0.15, -0.1) is 0 Å². The van der Waals surface area contributed by atoms with E-state index in [-0.39, 0.29) is 22.4 Å². The molecule has 2 heterocycles. The number of halogens is 3. The molecule has 0 radical (unpaired) electrons. The summed E-state index contributed by atoms with van der Waals surface area (Å²) in [5.74, 6) is 0. The molecule has 0 unspecified atom stereocenters. The lowest BCUT2D eigenvalue weighted by Gasteiger charge is -2.24. The summed E-state index contributed by atoms with van der Waals surface area (Å²) in [4.78, 5) is 7.22. The van der Waals surface area contributed by atoms with Gasteiger partial charge in [-0.2, -0.15) is 23.7 Å². The van der Waals surface area contributed by atoms with Crippen molar-refractivity contribution in [2.45, 2.75) is 6.18 Å². The van der Waals surface area contributed by atoms with Crippen LogP contribution in [0.3, 0.4) is 0 Å². The van der Waals surface area contributed by atoms with Crippen molar-refractivity contribution in [2.24, 2.45) is 0 Å². The zero-order chi connectivity index (χ0) is 42.7. The number of benzene rings is 8. The van der Waals surface area contributed by atoms with E-state index in [4.69, 9.17) is 13.1 Å². The van der Waals surface area contributed by atoms with Crippen molar-refractivity contribution in [1.29, 1.82) is 10.5 Å². The molecule has 0 aliphatic rings. The van der Waals surface area contributed by atoms with Gasteiger partial charge in [-0.05, 0) is 82.9 Å². The van der Waals surface area contributed by atoms with Crippen LogP contribution in [0.5, 0.6) is 0 Å². The van der Waals surface area contributed by atoms with Gasteiger partial charge < -0.3 is 9.13 Å². The fraction of sp³-hybridized carbons (Fsp3) is 0.0189. The Bertz CT molecular complexity index is 3460. The molecule has 0 fully saturated rings. The fourth-order valence-electron chi connectivity index (χ4n) is 8.71. The molecule has 0 aliphatic heterocycles. The molecule has 9 heteroatoms. The minimum Gasteiger partial charge on any atom is -0.309 e. The van der Waals surface area contributed by atoms with Crippen molar-refractivity contribution in [3.8, 4) is 56.9 Å². The van der Waals surface area contributed by atoms with Crippen LogP contribution in [-0.4, -0.2) is 9.13 Å². The van der Waals surface area contributed by atoms with Gasteiger partial charge in [-0.25, -0.2) is 9.69 Å². The number of fused-ring (bicyclic) bond motifs is 6. The standard InChI is InChI=1S/C53H27F3N6/c1-59-38-22-18-35(19-23-38)37-21-25-48-42(29-37)40-9-4-6-13-46(40)62(48)50-27-33(31-58)26-49(52(50)51-43(53(54,55)56)10-7-11-44(51)60-2)61-45-12-5-3-8-39(45)41-28-36(20-24-47(41)61)34-16-14-32(30-57)15-17-34/h3-29H. The summed E-state index contributed by atoms with van der Waals surface area (Å²) in [5, 5.41) is 23.4. The van der Waals surface area contributed by atoms with Crippen LogP contribution in [0.4, 0.5) is 24.5 Å². The number of nitriles is 2. The summed E-state index contributed by atoms with van der Waals surface area (Å²) in [7, 11) is 0. The minimum atomic E-state index is -4.85. The predicted molar refractivity (Wildman–Crippen MR) is 238 cm³/mol. The van der Waals surface area contributed by atoms with Crippen molar-refractivity contribution >= 4 is 55.0 Å². The van der Waals surface area contributed by atoms with E-state index in [0.29, 0.717) is 44.7 Å². The minimum absolute atomic E-state index is 0.128. The van der Waals surface area contributed by atoms with Crippen LogP contribution in [0.1, 0.15) is 16.7 Å². The first-order valence-electron chi connectivity index (χ1n) is 19.4. The monoisotopic (exact) mass is 804 g/mol. The molecule has 290 valence electrons. The van der Waals surface area contributed by atoms with Crippen molar-refractivity contribution in [3.63, 3.8) is 0 Å². The van der Waals surface area contributed by atoms with Crippen LogP contribution in [-0.2, 0) is 6.18 Å². The molecule has 0 bridgehead atoms. The van der Waals surface area contributed by atoms with Gasteiger partial charge in [0.25, 0.3) is 0 Å². The SMILES string of the molecule is [C-]#[N+]c1ccc(-c2ccc3c(c2)c2ccccc2n3-c2cc(C#N)cc(-n3c4ccccc4c4cc(-c5ccc(C#N)cc5)ccc43)c2-c2c([N+]#[C-])cccc2C(F)(F)F)cc1. The summed E-state index contributed by atoms with van der Waals surface area (Å²) in [5.41, 5.74) is 6.75. The Morgan fingerprint density at radius 2 is 0.935 bits per heavy atom. The van der Waals surface area contributed by atoms with Gasteiger partial charge in [0.05, 0.1) is 75.4 Å². The van der Waals surface area contributed by atoms with Crippen molar-refractivity contribution in [3.05, 3.63) is 203 Å². The first-order chi connectivity index (χ1) is 30.2. The highest BCUT2D eigenvalue weighted by Gasteiger charge is 2.37. The second kappa shape index (κ2) is 14.4. The highest BCUT2D eigenvalue weighted by atomic mass is 19.4. The maximum atomic E-state index is 15.5. The normalized spacial score (nSPS) is 11.4. The van der Waals surface area contributed by atoms with Crippen molar-refractivity contribution in [1.82, 2.24) is 9.13 Å². The number of alkyl halides is 3. The molecule has 0 amide bonds. The molecule has 8 aromatic carbocycles. The molecule has 6 nitrogen and oxygen atoms in total. The summed E-state index contributed by atoms with van der Waals surface area (Å²) in [6.07, 6.45) is -4.85. The van der Waals surface area contributed by atoms with E-state index >= 15 is 13.2 Å². The second-order valence-electron chi connectivity index (χ2n) is 14.8. The van der Waals surface area contributed by atoms with E-state index in [1.54, 1.807) is 36.4 Å². The lowest BCUT2D eigenvalue weighted by Crippen LogP contribution is -2.11. The van der Waals surface area contributed by atoms with Crippen LogP contribution < -0.4 is 0 Å². The van der Waals surface area contributed by atoms with Crippen LogP contribution >= 0.6 is 0 Å². The average molecular weight is 805 g/mol. The predicted octanol–water partition coefficient (Wildman–Crippen LogP) is 14.7. The molecule has 2 aromatic heterocycles. The zero-order valence-electron chi connectivity index (χ0n) is 32.4. The Labute approximate surface area is 353 Å². The summed E-state index contributed by atoms with van der Waals surface area (Å²) >= 11 is 0. The average Bonchev–Trinajstić information content (AvgIpc) is 3.82. The van der Waals surface area contributed by atoms with Gasteiger partial charge in [0.15, 0.2) is 11.4 Å². The van der Waals surface area contributed by atoms with Crippen LogP contribution in [0.25, 0.3) is 98.1 Å². The molecule has 10 rings (SSSR count). The molecule has 62 heavy (non-hydrogen) atoms. The highest BCUT2D eigenvalue weighted by molar-refractivity contribution is 6.13. The fourth-order valence-corrected chi connectivity index (χ4v) is 8.71. The Morgan fingerprint density at radius 1 is 0.452 bits per heavy atom. The molecule has 10 aromatic rings. The zero-order valence-corrected chi connectivity index (χ0v) is 32.4. The van der Waals surface area contributed by atoms with Crippen molar-refractivity contribution < 1.29 is 13.2 Å². The third-order valence-electron chi connectivity index (χ3n) is 11.4. The largest absolute Gasteiger partial charge is 0.415 e. The Balaban J connectivity index is 1.35. The number of hydrogen-bond donors (Lipinski definition) is 0. The van der Waals surface area contributed by atoms with Crippen molar-refractivity contribution in [2.75, 3.05) is 0 Å². The lowest BCUT2D eigenvalue weighted by atomic mass is 9.92. The van der Waals surface area contributed by atoms with Gasteiger partial charge in [0, 0.05) is 32.7 Å². The maximum absolute atomic E-state index is 15.5. The smallest absolute Gasteiger partial charge is 0.309 e. The first kappa shape index (κ1) is 37.4. The number of nitrogens with zero attached hydrogens (tertiary/aromatic N) is 6. The molecule has 0 aliphatic carbocycles. The Hall–Kier alpha value is -8.89. The topological polar surface area (TPSA) is 66.2 Å². The van der Waals surface area contributed by atoms with E-state index in [9.17, 15) is 10.5 Å². The Morgan fingerprint density at radius 3 is 1.42 bits per heavy atom. The molecule has 0 atom stereocenters. The van der Waals surface area contributed by atoms with Gasteiger partial charge >= 0.3 is 6.18 Å². The van der Waals surface area contributed by atoms with E-state index in [0.717, 1.165) is 49.9 Å². The summed E-state index contributed by atoms with van der Waals surface area (Å²) in [6.45, 7) is 15.6. The Kier molecular flexibility index (Phi) is 8.70. The number of rotatable bonds is 5. The molecule has 0 spiro atoms. The van der Waals surface area contributed by atoms with Gasteiger partial charge in [0.2, 0.25) is 0 Å². The van der Waals surface area contributed by atoms with Gasteiger partial charge in [-0.1, -0.05) is 103 Å². The second-order valence-corrected chi connectivity index (χ2v) is 14.8. The summed E-state index contributed by atoms with van der Waals surface area (Å²) in [6, 6.07) is 52.9. The number of hydrogen-bond acceptors (Lipinski definition) is 2. The van der Waals surface area contributed by atoms with E-state index in [1.165, 1.54) is 12.1 Å². The maximum Gasteiger partial charge on any atom is 0.415 e. The molecule has 0 N–H and O–H groups in total. The van der Waals surface area contributed by atoms with E-state index < -0.39 is 11.7 Å². The number of para-hydroxylation sites is 2. The molecular formula is C53H27F3N6. The van der Waals surface area contributed by atoms with Crippen LogP contribution in [0.15, 0.2) is 164 Å². The van der Waals surface area contributed by atoms with Gasteiger partial charge in [0.1, 0.15) is 0 Å². The molecule has 0 saturated carbocycles. The van der Waals surface area contributed by atoms with Crippen LogP contribution in [0, 0.1) is 35.8 Å². The van der Waals surface area contributed by atoms with E-state index in [1.807, 2.05) is 118 Å². The third-order valence-corrected chi connectivity index (χ3v) is 11.4.